The highest BCUT2D eigenvalue weighted by molar-refractivity contribution is 5.94. The summed E-state index contributed by atoms with van der Waals surface area (Å²) in [4.78, 5) is 24.1. The quantitative estimate of drug-likeness (QED) is 0.705. The van der Waals surface area contributed by atoms with E-state index in [0.29, 0.717) is 17.7 Å². The van der Waals surface area contributed by atoms with Gasteiger partial charge in [0.05, 0.1) is 25.1 Å². The van der Waals surface area contributed by atoms with E-state index in [1.54, 1.807) is 24.3 Å². The average molecular weight is 417 g/mol. The first-order valence-electron chi connectivity index (χ1n) is 8.08. The molecule has 0 saturated carbocycles. The van der Waals surface area contributed by atoms with Crippen LogP contribution in [0.2, 0.25) is 0 Å². The third-order valence-corrected chi connectivity index (χ3v) is 4.00. The van der Waals surface area contributed by atoms with E-state index >= 15 is 0 Å². The highest BCUT2D eigenvalue weighted by Crippen LogP contribution is 2.30. The molecular weight excluding hydrogens is 397 g/mol. The molecule has 9 heteroatoms. The number of alkyl halides is 3. The second-order valence-corrected chi connectivity index (χ2v) is 5.83. The molecule has 0 aliphatic heterocycles. The Hall–Kier alpha value is -2.58. The van der Waals surface area contributed by atoms with E-state index in [1.807, 2.05) is 0 Å². The van der Waals surface area contributed by atoms with Crippen LogP contribution in [0.15, 0.2) is 48.5 Å². The second kappa shape index (κ2) is 10.1. The number of hydrogen-bond acceptors (Lipinski definition) is 4. The number of carbonyl (C=O) groups is 2. The summed E-state index contributed by atoms with van der Waals surface area (Å²) in [6.07, 6.45) is -4.68. The first-order chi connectivity index (χ1) is 12.7. The predicted molar refractivity (Wildman–Crippen MR) is 99.9 cm³/mol. The first-order valence-corrected chi connectivity index (χ1v) is 8.08. The van der Waals surface area contributed by atoms with Crippen LogP contribution in [0.1, 0.15) is 39.5 Å². The van der Waals surface area contributed by atoms with Gasteiger partial charge in [-0.1, -0.05) is 24.3 Å². The van der Waals surface area contributed by atoms with Gasteiger partial charge in [0.25, 0.3) is 5.91 Å². The van der Waals surface area contributed by atoms with E-state index < -0.39 is 29.7 Å². The van der Waals surface area contributed by atoms with Crippen molar-refractivity contribution in [2.24, 2.45) is 5.73 Å². The molecule has 28 heavy (non-hydrogen) atoms. The summed E-state index contributed by atoms with van der Waals surface area (Å²) in [6, 6.07) is 10.00. The van der Waals surface area contributed by atoms with Gasteiger partial charge in [-0.3, -0.25) is 9.59 Å². The van der Waals surface area contributed by atoms with E-state index in [1.165, 1.54) is 19.2 Å². The summed E-state index contributed by atoms with van der Waals surface area (Å²) < 4.78 is 42.8. The van der Waals surface area contributed by atoms with Crippen molar-refractivity contribution in [1.82, 2.24) is 5.32 Å². The van der Waals surface area contributed by atoms with Crippen molar-refractivity contribution in [3.05, 3.63) is 70.8 Å². The Bertz CT molecular complexity index is 794. The Kier molecular flexibility index (Phi) is 8.46. The molecule has 0 spiro atoms. The predicted octanol–water partition coefficient (Wildman–Crippen LogP) is 3.62. The largest absolute Gasteiger partial charge is 0.469 e. The number of benzene rings is 2. The van der Waals surface area contributed by atoms with Gasteiger partial charge in [-0.15, -0.1) is 12.4 Å². The number of nitrogens with two attached hydrogens (primary N) is 1. The summed E-state index contributed by atoms with van der Waals surface area (Å²) in [5.41, 5.74) is 6.25. The summed E-state index contributed by atoms with van der Waals surface area (Å²) in [5, 5.41) is 2.66. The topological polar surface area (TPSA) is 81.4 Å². The third kappa shape index (κ3) is 6.24. The number of nitrogens with one attached hydrogen (secondary N) is 1. The van der Waals surface area contributed by atoms with Crippen LogP contribution in [0.3, 0.4) is 0 Å². The molecule has 0 heterocycles. The molecule has 0 aliphatic rings. The molecule has 0 radical (unpaired) electrons. The third-order valence-electron chi connectivity index (χ3n) is 4.00. The van der Waals surface area contributed by atoms with E-state index in [-0.39, 0.29) is 18.8 Å². The lowest BCUT2D eigenvalue weighted by molar-refractivity contribution is -0.141. The Balaban J connectivity index is 0.00000392. The summed E-state index contributed by atoms with van der Waals surface area (Å²) >= 11 is 0. The number of ether oxygens (including phenoxy) is 1. The molecule has 0 bridgehead atoms. The normalized spacial score (nSPS) is 11.9. The number of amides is 1. The van der Waals surface area contributed by atoms with Gasteiger partial charge in [-0.05, 0) is 35.4 Å². The van der Waals surface area contributed by atoms with Gasteiger partial charge in [-0.2, -0.15) is 13.2 Å². The minimum atomic E-state index is -4.47. The molecule has 1 atom stereocenters. The van der Waals surface area contributed by atoms with Crippen molar-refractivity contribution in [2.45, 2.75) is 25.2 Å². The molecule has 2 aromatic carbocycles. The van der Waals surface area contributed by atoms with Crippen LogP contribution in [-0.4, -0.2) is 19.0 Å². The molecule has 0 aliphatic carbocycles. The zero-order valence-corrected chi connectivity index (χ0v) is 15.8. The van der Waals surface area contributed by atoms with Crippen LogP contribution >= 0.6 is 12.4 Å². The molecule has 3 N–H and O–H groups in total. The molecule has 0 saturated heterocycles. The van der Waals surface area contributed by atoms with E-state index in [4.69, 9.17) is 5.73 Å². The SMILES string of the molecule is COC(=O)CC(NC(=O)c1ccc(CN)cc1)c1ccc(C(F)(F)F)cc1.Cl. The minimum absolute atomic E-state index is 0. The molecule has 1 amide bonds. The number of carbonyl (C=O) groups excluding carboxylic acids is 2. The smallest absolute Gasteiger partial charge is 0.416 e. The van der Waals surface area contributed by atoms with Crippen LogP contribution in [0, 0.1) is 0 Å². The van der Waals surface area contributed by atoms with Crippen molar-refractivity contribution in [3.8, 4) is 0 Å². The molecular formula is C19H20ClF3N2O3. The molecule has 1 unspecified atom stereocenters. The lowest BCUT2D eigenvalue weighted by Gasteiger charge is -2.19. The van der Waals surface area contributed by atoms with Crippen molar-refractivity contribution >= 4 is 24.3 Å². The zero-order valence-electron chi connectivity index (χ0n) is 15.0. The van der Waals surface area contributed by atoms with Gasteiger partial charge in [0.1, 0.15) is 0 Å². The van der Waals surface area contributed by atoms with Crippen LogP contribution < -0.4 is 11.1 Å². The maximum atomic E-state index is 12.7. The van der Waals surface area contributed by atoms with Crippen molar-refractivity contribution in [2.75, 3.05) is 7.11 Å². The van der Waals surface area contributed by atoms with Gasteiger partial charge in [0.2, 0.25) is 0 Å². The van der Waals surface area contributed by atoms with Gasteiger partial charge in [0, 0.05) is 12.1 Å². The number of halogens is 4. The Morgan fingerprint density at radius 2 is 1.64 bits per heavy atom. The van der Waals surface area contributed by atoms with Gasteiger partial charge >= 0.3 is 12.1 Å². The summed E-state index contributed by atoms with van der Waals surface area (Å²) in [7, 11) is 1.19. The van der Waals surface area contributed by atoms with Crippen molar-refractivity contribution in [1.29, 1.82) is 0 Å². The maximum absolute atomic E-state index is 12.7. The highest BCUT2D eigenvalue weighted by Gasteiger charge is 2.30. The molecule has 2 rings (SSSR count). The van der Waals surface area contributed by atoms with E-state index in [2.05, 4.69) is 10.1 Å². The highest BCUT2D eigenvalue weighted by atomic mass is 35.5. The Morgan fingerprint density at radius 3 is 2.11 bits per heavy atom. The van der Waals surface area contributed by atoms with Gasteiger partial charge in [0.15, 0.2) is 0 Å². The lowest BCUT2D eigenvalue weighted by atomic mass is 10.0. The zero-order chi connectivity index (χ0) is 20.0. The standard InChI is InChI=1S/C19H19F3N2O3.ClH/c1-27-17(25)10-16(13-6-8-15(9-7-13)19(20,21)22)24-18(26)14-4-2-12(11-23)3-5-14;/h2-9,16H,10-11,23H2,1H3,(H,24,26);1H. The monoisotopic (exact) mass is 416 g/mol. The van der Waals surface area contributed by atoms with Crippen LogP contribution in [-0.2, 0) is 22.3 Å². The molecule has 0 aromatic heterocycles. The first kappa shape index (κ1) is 23.5. The van der Waals surface area contributed by atoms with E-state index in [9.17, 15) is 22.8 Å². The Labute approximate surface area is 166 Å². The fraction of sp³-hybridized carbons (Fsp3) is 0.263. The maximum Gasteiger partial charge on any atom is 0.416 e. The lowest BCUT2D eigenvalue weighted by Crippen LogP contribution is -2.30. The van der Waals surface area contributed by atoms with Crippen molar-refractivity contribution < 1.29 is 27.5 Å². The number of hydrogen-bond donors (Lipinski definition) is 2. The number of esters is 1. The van der Waals surface area contributed by atoms with E-state index in [0.717, 1.165) is 17.7 Å². The van der Waals surface area contributed by atoms with Crippen LogP contribution in [0.25, 0.3) is 0 Å². The fourth-order valence-corrected chi connectivity index (χ4v) is 2.44. The molecule has 2 aromatic rings. The number of methoxy groups -OCH3 is 1. The van der Waals surface area contributed by atoms with Crippen molar-refractivity contribution in [3.63, 3.8) is 0 Å². The minimum Gasteiger partial charge on any atom is -0.469 e. The second-order valence-electron chi connectivity index (χ2n) is 5.83. The van der Waals surface area contributed by atoms with Crippen LogP contribution in [0.5, 0.6) is 0 Å². The summed E-state index contributed by atoms with van der Waals surface area (Å²) in [5.74, 6) is -1.06. The number of rotatable bonds is 6. The molecule has 152 valence electrons. The molecule has 0 fully saturated rings. The van der Waals surface area contributed by atoms with Crippen LogP contribution in [0.4, 0.5) is 13.2 Å². The molecule has 5 nitrogen and oxygen atoms in total. The van der Waals surface area contributed by atoms with Gasteiger partial charge in [-0.25, -0.2) is 0 Å². The Morgan fingerprint density at radius 1 is 1.07 bits per heavy atom. The van der Waals surface area contributed by atoms with Gasteiger partial charge < -0.3 is 15.8 Å². The average Bonchev–Trinajstić information content (AvgIpc) is 2.66. The summed E-state index contributed by atoms with van der Waals surface area (Å²) in [6.45, 7) is 0.332. The fourth-order valence-electron chi connectivity index (χ4n) is 2.44.